The van der Waals surface area contributed by atoms with Crippen molar-refractivity contribution in [2.75, 3.05) is 0 Å². The molecule has 0 aromatic carbocycles. The Morgan fingerprint density at radius 2 is 2.04 bits per heavy atom. The number of aryl methyl sites for hydroxylation is 1. The Labute approximate surface area is 166 Å². The maximum absolute atomic E-state index is 12.1. The smallest absolute Gasteiger partial charge is 0.267 e. The Morgan fingerprint density at radius 1 is 1.21 bits per heavy atom. The molecule has 0 saturated carbocycles. The monoisotopic (exact) mass is 392 g/mol. The number of hydrogen-bond acceptors (Lipinski definition) is 5. The van der Waals surface area contributed by atoms with Crippen molar-refractivity contribution in [3.8, 4) is 5.82 Å². The van der Waals surface area contributed by atoms with Crippen LogP contribution in [0.15, 0.2) is 59.6 Å². The van der Waals surface area contributed by atoms with Gasteiger partial charge in [0.15, 0.2) is 5.82 Å². The highest BCUT2D eigenvalue weighted by Crippen LogP contribution is 2.36. The third-order valence-corrected chi connectivity index (χ3v) is 4.92. The Kier molecular flexibility index (Phi) is 4.99. The zero-order valence-corrected chi connectivity index (χ0v) is 15.9. The van der Waals surface area contributed by atoms with E-state index in [1.54, 1.807) is 36.9 Å². The Morgan fingerprint density at radius 3 is 2.79 bits per heavy atom. The van der Waals surface area contributed by atoms with Crippen LogP contribution in [0, 0.1) is 6.92 Å². The summed E-state index contributed by atoms with van der Waals surface area (Å²) in [6, 6.07) is 8.96. The van der Waals surface area contributed by atoms with Gasteiger partial charge in [-0.1, -0.05) is 17.7 Å². The molecule has 3 aromatic heterocycles. The molecule has 0 saturated heterocycles. The third kappa shape index (κ3) is 3.44. The highest BCUT2D eigenvalue weighted by Gasteiger charge is 2.25. The number of pyridine rings is 2. The molecule has 0 aliphatic heterocycles. The number of aromatic nitrogens is 4. The van der Waals surface area contributed by atoms with Gasteiger partial charge in [0.05, 0.1) is 22.6 Å². The van der Waals surface area contributed by atoms with Gasteiger partial charge in [0.2, 0.25) is 0 Å². The van der Waals surface area contributed by atoms with Crippen LogP contribution in [0.3, 0.4) is 0 Å². The van der Waals surface area contributed by atoms with Crippen molar-refractivity contribution in [3.05, 3.63) is 77.0 Å². The van der Waals surface area contributed by atoms with Crippen LogP contribution in [0.5, 0.6) is 0 Å². The number of nitrogens with one attached hydrogen (secondary N) is 1. The first-order chi connectivity index (χ1) is 13.6. The largest absolute Gasteiger partial charge is 0.271 e. The number of halogens is 1. The highest BCUT2D eigenvalue weighted by atomic mass is 35.5. The fourth-order valence-corrected chi connectivity index (χ4v) is 3.53. The zero-order chi connectivity index (χ0) is 19.5. The first-order valence-electron chi connectivity index (χ1n) is 8.77. The molecule has 140 valence electrons. The normalized spacial score (nSPS) is 13.6. The molecular formula is C20H17ClN6O. The minimum absolute atomic E-state index is 0.300. The molecule has 0 radical (unpaired) electrons. The number of fused-ring (bicyclic) bond motifs is 1. The average Bonchev–Trinajstić information content (AvgIpc) is 3.08. The molecule has 8 heteroatoms. The van der Waals surface area contributed by atoms with Gasteiger partial charge in [-0.15, -0.1) is 0 Å². The van der Waals surface area contributed by atoms with Gasteiger partial charge >= 0.3 is 0 Å². The summed E-state index contributed by atoms with van der Waals surface area (Å²) in [5.74, 6) is 0.462. The molecule has 1 aliphatic carbocycles. The number of hydrogen-bond donors (Lipinski definition) is 1. The van der Waals surface area contributed by atoms with Crippen LogP contribution in [-0.4, -0.2) is 31.9 Å². The van der Waals surface area contributed by atoms with Crippen LogP contribution in [-0.2, 0) is 6.42 Å². The van der Waals surface area contributed by atoms with Crippen LogP contribution in [0.2, 0.25) is 0 Å². The van der Waals surface area contributed by atoms with Gasteiger partial charge in [-0.25, -0.2) is 15.1 Å². The van der Waals surface area contributed by atoms with Crippen molar-refractivity contribution >= 4 is 28.8 Å². The van der Waals surface area contributed by atoms with Crippen LogP contribution < -0.4 is 5.43 Å². The van der Waals surface area contributed by atoms with Crippen LogP contribution in [0.25, 0.3) is 10.9 Å². The highest BCUT2D eigenvalue weighted by molar-refractivity contribution is 6.51. The summed E-state index contributed by atoms with van der Waals surface area (Å²) in [6.45, 7) is 1.92. The van der Waals surface area contributed by atoms with Crippen molar-refractivity contribution in [1.29, 1.82) is 0 Å². The second-order valence-electron chi connectivity index (χ2n) is 6.28. The van der Waals surface area contributed by atoms with Crippen molar-refractivity contribution in [3.63, 3.8) is 0 Å². The van der Waals surface area contributed by atoms with Crippen LogP contribution in [0.1, 0.15) is 33.7 Å². The molecule has 0 unspecified atom stereocenters. The molecule has 1 N–H and O–H groups in total. The summed E-state index contributed by atoms with van der Waals surface area (Å²) in [4.78, 5) is 20.3. The van der Waals surface area contributed by atoms with E-state index in [1.165, 1.54) is 0 Å². The van der Waals surface area contributed by atoms with E-state index < -0.39 is 0 Å². The van der Waals surface area contributed by atoms with Gasteiger partial charge in [0, 0.05) is 29.7 Å². The molecule has 0 spiro atoms. The van der Waals surface area contributed by atoms with E-state index in [-0.39, 0.29) is 5.91 Å². The summed E-state index contributed by atoms with van der Waals surface area (Å²) in [5, 5.41) is 9.27. The molecule has 0 fully saturated rings. The van der Waals surface area contributed by atoms with Gasteiger partial charge in [-0.3, -0.25) is 9.78 Å². The third-order valence-electron chi connectivity index (χ3n) is 4.48. The Hall–Kier alpha value is -3.32. The number of carbonyl (C=O) groups is 1. The molecule has 3 heterocycles. The van der Waals surface area contributed by atoms with E-state index in [1.807, 2.05) is 29.8 Å². The van der Waals surface area contributed by atoms with Gasteiger partial charge in [-0.05, 0) is 49.6 Å². The lowest BCUT2D eigenvalue weighted by atomic mass is 9.96. The molecule has 4 rings (SSSR count). The number of allylic oxidation sites excluding steroid dienone is 1. The molecule has 0 atom stereocenters. The van der Waals surface area contributed by atoms with Gasteiger partial charge in [-0.2, -0.15) is 10.2 Å². The molecular weight excluding hydrogens is 376 g/mol. The fraction of sp³-hybridized carbons (Fsp3) is 0.150. The first-order valence-corrected chi connectivity index (χ1v) is 9.15. The Bertz CT molecular complexity index is 1070. The number of rotatable bonds is 4. The quantitative estimate of drug-likeness (QED) is 0.545. The maximum Gasteiger partial charge on any atom is 0.271 e. The van der Waals surface area contributed by atoms with E-state index in [2.05, 4.69) is 25.6 Å². The fourth-order valence-electron chi connectivity index (χ4n) is 3.14. The molecule has 0 bridgehead atoms. The standard InChI is InChI=1S/C20H17ClN6O/c1-13-18-16(27(26-13)17-4-2-3-9-23-17)6-5-15(19(18)21)12-24-25-20(28)14-7-10-22-11-8-14/h2-4,7-12H,5-6H2,1H3,(H,25,28)/b24-12-. The number of carbonyl (C=O) groups excluding carboxylic acids is 1. The second kappa shape index (κ2) is 7.74. The minimum atomic E-state index is -0.300. The van der Waals surface area contributed by atoms with Gasteiger partial charge in [0.25, 0.3) is 5.91 Å². The lowest BCUT2D eigenvalue weighted by molar-refractivity contribution is 0.0955. The number of nitrogens with zero attached hydrogens (tertiary/aromatic N) is 5. The van der Waals surface area contributed by atoms with Gasteiger partial charge in [0.1, 0.15) is 0 Å². The molecule has 7 nitrogen and oxygen atoms in total. The SMILES string of the molecule is Cc1nn(-c2ccccn2)c2c1C(Cl)=C(/C=N\NC(=O)c1ccncc1)CC2. The van der Waals surface area contributed by atoms with Gasteiger partial charge < -0.3 is 0 Å². The Balaban J connectivity index is 1.58. The maximum atomic E-state index is 12.1. The van der Waals surface area contributed by atoms with Crippen LogP contribution >= 0.6 is 11.6 Å². The van der Waals surface area contributed by atoms with Crippen molar-refractivity contribution in [2.24, 2.45) is 5.10 Å². The summed E-state index contributed by atoms with van der Waals surface area (Å²) < 4.78 is 1.84. The molecule has 1 aliphatic rings. The number of hydrazone groups is 1. The molecule has 3 aromatic rings. The molecule has 28 heavy (non-hydrogen) atoms. The van der Waals surface area contributed by atoms with Crippen molar-refractivity contribution in [1.82, 2.24) is 25.2 Å². The zero-order valence-electron chi connectivity index (χ0n) is 15.1. The van der Waals surface area contributed by atoms with Crippen molar-refractivity contribution < 1.29 is 4.79 Å². The minimum Gasteiger partial charge on any atom is -0.267 e. The number of amides is 1. The summed E-state index contributed by atoms with van der Waals surface area (Å²) in [5.41, 5.74) is 6.62. The van der Waals surface area contributed by atoms with Crippen molar-refractivity contribution in [2.45, 2.75) is 19.8 Å². The van der Waals surface area contributed by atoms with Crippen LogP contribution in [0.4, 0.5) is 0 Å². The topological polar surface area (TPSA) is 85.1 Å². The summed E-state index contributed by atoms with van der Waals surface area (Å²) >= 11 is 6.65. The first kappa shape index (κ1) is 18.1. The van der Waals surface area contributed by atoms with E-state index in [0.717, 1.165) is 34.8 Å². The second-order valence-corrected chi connectivity index (χ2v) is 6.66. The van der Waals surface area contributed by atoms with E-state index in [0.29, 0.717) is 17.0 Å². The van der Waals surface area contributed by atoms with E-state index in [4.69, 9.17) is 11.6 Å². The average molecular weight is 393 g/mol. The lowest BCUT2D eigenvalue weighted by Crippen LogP contribution is -2.18. The lowest BCUT2D eigenvalue weighted by Gasteiger charge is -2.16. The predicted molar refractivity (Wildman–Crippen MR) is 107 cm³/mol. The predicted octanol–water partition coefficient (Wildman–Crippen LogP) is 3.28. The van der Waals surface area contributed by atoms with E-state index in [9.17, 15) is 4.79 Å². The molecule has 1 amide bonds. The van der Waals surface area contributed by atoms with E-state index >= 15 is 0 Å². The summed E-state index contributed by atoms with van der Waals surface area (Å²) in [7, 11) is 0. The summed E-state index contributed by atoms with van der Waals surface area (Å²) in [6.07, 6.45) is 7.90.